The molecule has 0 N–H and O–H groups in total. The number of ether oxygens (including phenoxy) is 2. The second-order valence-corrected chi connectivity index (χ2v) is 8.17. The predicted molar refractivity (Wildman–Crippen MR) is 122 cm³/mol. The summed E-state index contributed by atoms with van der Waals surface area (Å²) in [5.74, 6) is -0.809. The van der Waals surface area contributed by atoms with Crippen LogP contribution in [0.15, 0.2) is 24.3 Å². The van der Waals surface area contributed by atoms with Crippen molar-refractivity contribution in [2.45, 2.75) is 68.6 Å². The Balaban J connectivity index is 2.80. The molecule has 4 nitrogen and oxygen atoms in total. The topological polar surface area (TPSA) is 52.6 Å². The van der Waals surface area contributed by atoms with Crippen LogP contribution in [-0.4, -0.2) is 11.9 Å². The molecule has 0 spiro atoms. The first-order valence-corrected chi connectivity index (χ1v) is 10.1. The molecule has 30 heavy (non-hydrogen) atoms. The molecule has 0 aliphatic carbocycles. The molecule has 0 radical (unpaired) electrons. The predicted octanol–water partition coefficient (Wildman–Crippen LogP) is 5.93. The maximum Gasteiger partial charge on any atom is 0.333 e. The summed E-state index contributed by atoms with van der Waals surface area (Å²) in [6.45, 7) is 23.4. The second kappa shape index (κ2) is 8.86. The van der Waals surface area contributed by atoms with Gasteiger partial charge in [-0.25, -0.2) is 9.59 Å². The molecule has 0 saturated carbocycles. The SMILES string of the molecule is C=C(C)C(=O)OCc1c(C)c(C)c(C)c2c(COC(=O)C(=C)C)c(C)c(C)c(C)c12. The summed E-state index contributed by atoms with van der Waals surface area (Å²) in [6.07, 6.45) is 0. The van der Waals surface area contributed by atoms with Gasteiger partial charge >= 0.3 is 11.9 Å². The Morgan fingerprint density at radius 3 is 1.17 bits per heavy atom. The van der Waals surface area contributed by atoms with E-state index in [-0.39, 0.29) is 13.2 Å². The highest BCUT2D eigenvalue weighted by molar-refractivity contribution is 5.98. The lowest BCUT2D eigenvalue weighted by Gasteiger charge is -2.24. The maximum atomic E-state index is 12.0. The van der Waals surface area contributed by atoms with Gasteiger partial charge in [0.1, 0.15) is 13.2 Å². The largest absolute Gasteiger partial charge is 0.457 e. The minimum Gasteiger partial charge on any atom is -0.457 e. The van der Waals surface area contributed by atoms with Crippen LogP contribution in [-0.2, 0) is 32.3 Å². The van der Waals surface area contributed by atoms with Crippen molar-refractivity contribution in [3.05, 3.63) is 68.8 Å². The fourth-order valence-corrected chi connectivity index (χ4v) is 3.78. The molecule has 0 aromatic heterocycles. The molecule has 0 bridgehead atoms. The lowest BCUT2D eigenvalue weighted by atomic mass is 9.83. The van der Waals surface area contributed by atoms with Crippen LogP contribution in [0.1, 0.15) is 58.4 Å². The van der Waals surface area contributed by atoms with Gasteiger partial charge in [0.2, 0.25) is 0 Å². The zero-order chi connectivity index (χ0) is 22.9. The van der Waals surface area contributed by atoms with E-state index < -0.39 is 11.9 Å². The van der Waals surface area contributed by atoms with Gasteiger partial charge in [-0.15, -0.1) is 0 Å². The fourth-order valence-electron chi connectivity index (χ4n) is 3.78. The van der Waals surface area contributed by atoms with Crippen LogP contribution >= 0.6 is 0 Å². The normalized spacial score (nSPS) is 10.8. The smallest absolute Gasteiger partial charge is 0.333 e. The summed E-state index contributed by atoms with van der Waals surface area (Å²) in [5, 5.41) is 2.13. The summed E-state index contributed by atoms with van der Waals surface area (Å²) < 4.78 is 11.1. The molecule has 0 saturated heterocycles. The monoisotopic (exact) mass is 408 g/mol. The first kappa shape index (κ1) is 23.4. The first-order chi connectivity index (χ1) is 13.9. The van der Waals surface area contributed by atoms with Crippen LogP contribution in [0.4, 0.5) is 0 Å². The van der Waals surface area contributed by atoms with Crippen molar-refractivity contribution in [1.29, 1.82) is 0 Å². The quantitative estimate of drug-likeness (QED) is 0.439. The van der Waals surface area contributed by atoms with Crippen molar-refractivity contribution >= 4 is 22.7 Å². The van der Waals surface area contributed by atoms with Crippen LogP contribution in [0, 0.1) is 41.5 Å². The molecule has 0 unspecified atom stereocenters. The van der Waals surface area contributed by atoms with Crippen LogP contribution < -0.4 is 0 Å². The molecule has 0 atom stereocenters. The van der Waals surface area contributed by atoms with Crippen LogP contribution in [0.25, 0.3) is 10.8 Å². The lowest BCUT2D eigenvalue weighted by Crippen LogP contribution is -2.11. The zero-order valence-electron chi connectivity index (χ0n) is 19.5. The van der Waals surface area contributed by atoms with Crippen LogP contribution in [0.2, 0.25) is 0 Å². The Bertz CT molecular complexity index is 1000. The van der Waals surface area contributed by atoms with Gasteiger partial charge < -0.3 is 9.47 Å². The summed E-state index contributed by atoms with van der Waals surface area (Å²) in [4.78, 5) is 24.1. The van der Waals surface area contributed by atoms with E-state index in [0.29, 0.717) is 11.1 Å². The van der Waals surface area contributed by atoms with Crippen molar-refractivity contribution in [3.63, 3.8) is 0 Å². The highest BCUT2D eigenvalue weighted by Gasteiger charge is 2.22. The number of hydrogen-bond donors (Lipinski definition) is 0. The third kappa shape index (κ3) is 4.18. The standard InChI is InChI=1S/C26H32O4/c1-13(2)25(27)29-11-21-17(7)15(5)20(10)24-22(12-30-26(28)14(3)4)18(8)16(6)19(9)23(21)24/h1,3,11-12H2,2,4-10H3. The molecule has 4 heteroatoms. The molecule has 160 valence electrons. The van der Waals surface area contributed by atoms with Crippen molar-refractivity contribution < 1.29 is 19.1 Å². The van der Waals surface area contributed by atoms with Gasteiger partial charge in [0.15, 0.2) is 0 Å². The summed E-state index contributed by atoms with van der Waals surface area (Å²) in [6, 6.07) is 0. The van der Waals surface area contributed by atoms with E-state index >= 15 is 0 Å². The van der Waals surface area contributed by atoms with E-state index in [1.807, 2.05) is 0 Å². The van der Waals surface area contributed by atoms with E-state index in [9.17, 15) is 9.59 Å². The molecule has 0 amide bonds. The molecule has 2 aromatic rings. The number of fused-ring (bicyclic) bond motifs is 1. The number of rotatable bonds is 6. The molecule has 2 rings (SSSR count). The first-order valence-electron chi connectivity index (χ1n) is 10.1. The summed E-state index contributed by atoms with van der Waals surface area (Å²) >= 11 is 0. The number of aryl methyl sites for hydroxylation is 2. The van der Waals surface area contributed by atoms with E-state index in [1.54, 1.807) is 13.8 Å². The van der Waals surface area contributed by atoms with Crippen molar-refractivity contribution in [1.82, 2.24) is 0 Å². The molecule has 0 aliphatic heterocycles. The second-order valence-electron chi connectivity index (χ2n) is 8.17. The Kier molecular flexibility index (Phi) is 6.91. The molecule has 0 heterocycles. The van der Waals surface area contributed by atoms with Crippen LogP contribution in [0.5, 0.6) is 0 Å². The van der Waals surface area contributed by atoms with Gasteiger partial charge in [-0.3, -0.25) is 0 Å². The Morgan fingerprint density at radius 2 is 0.900 bits per heavy atom. The lowest BCUT2D eigenvalue weighted by molar-refractivity contribution is -0.141. The zero-order valence-corrected chi connectivity index (χ0v) is 19.5. The Hall–Kier alpha value is -2.88. The van der Waals surface area contributed by atoms with Crippen LogP contribution in [0.3, 0.4) is 0 Å². The maximum absolute atomic E-state index is 12.0. The highest BCUT2D eigenvalue weighted by Crippen LogP contribution is 2.38. The fraction of sp³-hybridized carbons (Fsp3) is 0.385. The Morgan fingerprint density at radius 1 is 0.600 bits per heavy atom. The van der Waals surface area contributed by atoms with Crippen molar-refractivity contribution in [3.8, 4) is 0 Å². The van der Waals surface area contributed by atoms with Crippen molar-refractivity contribution in [2.24, 2.45) is 0 Å². The highest BCUT2D eigenvalue weighted by atomic mass is 16.5. The molecular weight excluding hydrogens is 376 g/mol. The average Bonchev–Trinajstić information content (AvgIpc) is 2.69. The molecular formula is C26H32O4. The summed E-state index contributed by atoms with van der Waals surface area (Å²) in [7, 11) is 0. The van der Waals surface area contributed by atoms with Gasteiger partial charge in [0.25, 0.3) is 0 Å². The van der Waals surface area contributed by atoms with Gasteiger partial charge in [0.05, 0.1) is 0 Å². The van der Waals surface area contributed by atoms with E-state index in [2.05, 4.69) is 54.7 Å². The minimum atomic E-state index is -0.405. The number of esters is 2. The number of carbonyl (C=O) groups excluding carboxylic acids is 2. The third-order valence-electron chi connectivity index (χ3n) is 6.15. The van der Waals surface area contributed by atoms with Gasteiger partial charge in [-0.05, 0) is 99.5 Å². The van der Waals surface area contributed by atoms with E-state index in [1.165, 1.54) is 0 Å². The molecule has 2 aromatic carbocycles. The minimum absolute atomic E-state index is 0.170. The number of benzene rings is 2. The average molecular weight is 409 g/mol. The number of carbonyl (C=O) groups is 2. The van der Waals surface area contributed by atoms with E-state index in [0.717, 1.165) is 55.3 Å². The van der Waals surface area contributed by atoms with E-state index in [4.69, 9.17) is 9.47 Å². The third-order valence-corrected chi connectivity index (χ3v) is 6.15. The Labute approximate surface area is 179 Å². The van der Waals surface area contributed by atoms with Gasteiger partial charge in [-0.1, -0.05) is 13.2 Å². The molecule has 0 fully saturated rings. The van der Waals surface area contributed by atoms with Crippen molar-refractivity contribution in [2.75, 3.05) is 0 Å². The van der Waals surface area contributed by atoms with Gasteiger partial charge in [-0.2, -0.15) is 0 Å². The van der Waals surface area contributed by atoms with Gasteiger partial charge in [0, 0.05) is 22.3 Å². The number of hydrogen-bond acceptors (Lipinski definition) is 4. The summed E-state index contributed by atoms with van der Waals surface area (Å²) in [5.41, 5.74) is 9.48. The molecule has 0 aliphatic rings.